The number of nitrogens with one attached hydrogen (secondary N) is 1. The van der Waals surface area contributed by atoms with Crippen molar-refractivity contribution in [3.63, 3.8) is 0 Å². The van der Waals surface area contributed by atoms with Crippen LogP contribution < -0.4 is 20.3 Å². The van der Waals surface area contributed by atoms with Crippen LogP contribution in [0.1, 0.15) is 89.9 Å². The van der Waals surface area contributed by atoms with Gasteiger partial charge in [0.05, 0.1) is 17.8 Å². The second-order valence-corrected chi connectivity index (χ2v) is 22.6. The van der Waals surface area contributed by atoms with Crippen molar-refractivity contribution < 1.29 is 28.5 Å². The van der Waals surface area contributed by atoms with E-state index in [4.69, 9.17) is 21.3 Å². The van der Waals surface area contributed by atoms with Gasteiger partial charge in [-0.05, 0) is 80.5 Å². The number of unbranched alkanes of at least 4 members (excludes halogenated alkanes) is 2. The minimum Gasteiger partial charge on any atom is -0.496 e. The van der Waals surface area contributed by atoms with E-state index in [9.17, 15) is 23.7 Å². The van der Waals surface area contributed by atoms with E-state index >= 15 is 0 Å². The largest absolute Gasteiger partial charge is 0.496 e. The Morgan fingerprint density at radius 3 is 2.45 bits per heavy atom. The number of benzene rings is 3. The SMILES string of the molecule is COc1cc(N2CCC(N3CCN(C(=O)CCCCCSc4cccc5c4CN(C4CCC(=O)NC4=O)C5=O)CC3)CC2)ccc1Cc1ncc(Cl)c(Cc2ccccc2P(C)(C)=O)n1. The molecule has 4 aliphatic heterocycles. The van der Waals surface area contributed by atoms with Gasteiger partial charge >= 0.3 is 0 Å². The van der Waals surface area contributed by atoms with E-state index in [0.29, 0.717) is 60.4 Å². The van der Waals surface area contributed by atoms with E-state index in [2.05, 4.69) is 38.3 Å². The standard InChI is InChI=1S/C49H59ClN7O6PS/c1-63-42-30-36(16-15-33(42)29-45-51-31-39(50)40(52-45)28-34-10-6-7-12-43(34)64(2,3)62)54-21-19-35(20-22-54)55-23-25-56(26-24-55)47(59)14-5-4-8-27-65-44-13-9-11-37-38(44)32-57(49(37)61)41-17-18-46(58)53-48(41)60/h6-7,9-13,15-16,30-31,35,41H,4-5,8,14,17-29,32H2,1-3H3,(H,53,58,60). The van der Waals surface area contributed by atoms with Gasteiger partial charge in [-0.15, -0.1) is 11.8 Å². The Morgan fingerprint density at radius 2 is 1.69 bits per heavy atom. The van der Waals surface area contributed by atoms with Crippen LogP contribution in [0.5, 0.6) is 5.75 Å². The number of methoxy groups -OCH3 is 1. The third-order valence-corrected chi connectivity index (χ3v) is 16.4. The van der Waals surface area contributed by atoms with Crippen molar-refractivity contribution in [3.05, 3.63) is 106 Å². The monoisotopic (exact) mass is 939 g/mol. The summed E-state index contributed by atoms with van der Waals surface area (Å²) in [4.78, 5) is 69.6. The summed E-state index contributed by atoms with van der Waals surface area (Å²) in [6, 6.07) is 19.8. The molecule has 65 heavy (non-hydrogen) atoms. The number of carbonyl (C=O) groups is 4. The molecule has 0 radical (unpaired) electrons. The normalized spacial score (nSPS) is 18.6. The van der Waals surface area contributed by atoms with E-state index < -0.39 is 19.1 Å². The molecule has 0 aliphatic carbocycles. The number of ether oxygens (including phenoxy) is 1. The van der Waals surface area contributed by atoms with Crippen LogP contribution in [-0.2, 0) is 38.3 Å². The maximum atomic E-state index is 13.2. The number of aromatic nitrogens is 2. The van der Waals surface area contributed by atoms with Crippen LogP contribution in [0.4, 0.5) is 5.69 Å². The first-order chi connectivity index (χ1) is 31.4. The van der Waals surface area contributed by atoms with Crippen LogP contribution in [0, 0.1) is 0 Å². The molecular formula is C49H59ClN7O6PS. The number of rotatable bonds is 16. The molecule has 344 valence electrons. The van der Waals surface area contributed by atoms with Crippen molar-refractivity contribution >= 4 is 65.1 Å². The predicted octanol–water partition coefficient (Wildman–Crippen LogP) is 6.79. The Hall–Kier alpha value is -4.75. The summed E-state index contributed by atoms with van der Waals surface area (Å²) in [5.41, 5.74) is 5.39. The van der Waals surface area contributed by atoms with Gasteiger partial charge in [-0.3, -0.25) is 29.4 Å². The molecule has 4 aliphatic rings. The number of hydrogen-bond acceptors (Lipinski definition) is 11. The third-order valence-electron chi connectivity index (χ3n) is 13.3. The molecule has 3 aromatic carbocycles. The van der Waals surface area contributed by atoms with Crippen LogP contribution >= 0.6 is 30.5 Å². The minimum atomic E-state index is -2.48. The second-order valence-electron chi connectivity index (χ2n) is 17.9. The summed E-state index contributed by atoms with van der Waals surface area (Å²) in [5.74, 6) is 1.74. The molecule has 1 atom stereocenters. The number of piperidine rings is 2. The highest BCUT2D eigenvalue weighted by molar-refractivity contribution is 7.99. The number of anilines is 1. The molecule has 8 rings (SSSR count). The number of amides is 4. The Kier molecular flexibility index (Phi) is 15.0. The highest BCUT2D eigenvalue weighted by Gasteiger charge is 2.40. The Balaban J connectivity index is 0.745. The molecule has 16 heteroatoms. The van der Waals surface area contributed by atoms with Crippen LogP contribution in [0.15, 0.2) is 71.8 Å². The number of thioether (sulfide) groups is 1. The minimum absolute atomic E-state index is 0.150. The zero-order chi connectivity index (χ0) is 45.7. The summed E-state index contributed by atoms with van der Waals surface area (Å²) in [6.45, 7) is 9.19. The van der Waals surface area contributed by atoms with Crippen LogP contribution in [0.2, 0.25) is 5.02 Å². The van der Waals surface area contributed by atoms with Gasteiger partial charge in [0.15, 0.2) is 0 Å². The maximum absolute atomic E-state index is 13.2. The van der Waals surface area contributed by atoms with Crippen molar-refractivity contribution in [2.45, 2.75) is 87.7 Å². The summed E-state index contributed by atoms with van der Waals surface area (Å²) < 4.78 is 18.9. The van der Waals surface area contributed by atoms with Crippen molar-refractivity contribution in [2.75, 3.05) is 70.4 Å². The second kappa shape index (κ2) is 20.8. The topological polar surface area (TPSA) is 145 Å². The van der Waals surface area contributed by atoms with Crippen molar-refractivity contribution in [2.24, 2.45) is 0 Å². The van der Waals surface area contributed by atoms with E-state index in [-0.39, 0.29) is 24.1 Å². The molecule has 4 aromatic rings. The molecule has 0 saturated carbocycles. The molecule has 4 amide bonds. The number of piperazine rings is 1. The Morgan fingerprint density at radius 1 is 0.908 bits per heavy atom. The van der Waals surface area contributed by atoms with E-state index in [0.717, 1.165) is 115 Å². The van der Waals surface area contributed by atoms with Crippen molar-refractivity contribution in [1.29, 1.82) is 0 Å². The van der Waals surface area contributed by atoms with Gasteiger partial charge in [-0.2, -0.15) is 0 Å². The van der Waals surface area contributed by atoms with Gasteiger partial charge < -0.3 is 24.0 Å². The van der Waals surface area contributed by atoms with E-state index in [1.807, 2.05) is 47.4 Å². The molecule has 1 unspecified atom stereocenters. The summed E-state index contributed by atoms with van der Waals surface area (Å²) in [5, 5.41) is 3.70. The molecule has 5 heterocycles. The lowest BCUT2D eigenvalue weighted by Crippen LogP contribution is -2.54. The lowest BCUT2D eigenvalue weighted by atomic mass is 10.0. The number of fused-ring (bicyclic) bond motifs is 1. The highest BCUT2D eigenvalue weighted by atomic mass is 35.5. The lowest BCUT2D eigenvalue weighted by molar-refractivity contribution is -0.137. The predicted molar refractivity (Wildman–Crippen MR) is 256 cm³/mol. The van der Waals surface area contributed by atoms with Gasteiger partial charge in [0, 0.05) is 117 Å². The number of halogens is 1. The van der Waals surface area contributed by atoms with Crippen LogP contribution in [-0.4, -0.2) is 126 Å². The highest BCUT2D eigenvalue weighted by Crippen LogP contribution is 2.38. The van der Waals surface area contributed by atoms with E-state index in [1.54, 1.807) is 43.3 Å². The fraction of sp³-hybridized carbons (Fsp3) is 0.469. The zero-order valence-corrected chi connectivity index (χ0v) is 40.1. The smallest absolute Gasteiger partial charge is 0.255 e. The summed E-state index contributed by atoms with van der Waals surface area (Å²) >= 11 is 8.30. The fourth-order valence-corrected chi connectivity index (χ4v) is 12.2. The summed E-state index contributed by atoms with van der Waals surface area (Å²) in [6.07, 6.45) is 8.68. The van der Waals surface area contributed by atoms with Crippen LogP contribution in [0.3, 0.4) is 0 Å². The summed E-state index contributed by atoms with van der Waals surface area (Å²) in [7, 11) is -0.779. The van der Waals surface area contributed by atoms with Crippen LogP contribution in [0.25, 0.3) is 0 Å². The molecule has 3 saturated heterocycles. The molecule has 3 fully saturated rings. The third kappa shape index (κ3) is 11.1. The first-order valence-corrected chi connectivity index (χ1v) is 26.8. The average molecular weight is 941 g/mol. The lowest BCUT2D eigenvalue weighted by Gasteiger charge is -2.43. The van der Waals surface area contributed by atoms with Crippen molar-refractivity contribution in [3.8, 4) is 5.75 Å². The van der Waals surface area contributed by atoms with E-state index in [1.165, 1.54) is 0 Å². The Bertz CT molecular complexity index is 2470. The van der Waals surface area contributed by atoms with Crippen molar-refractivity contribution in [1.82, 2.24) is 30.0 Å². The molecular weight excluding hydrogens is 881 g/mol. The number of nitrogens with zero attached hydrogens (tertiary/aromatic N) is 6. The number of imide groups is 1. The van der Waals surface area contributed by atoms with Gasteiger partial charge in [-0.1, -0.05) is 54.4 Å². The first-order valence-electron chi connectivity index (χ1n) is 22.8. The van der Waals surface area contributed by atoms with Gasteiger partial charge in [0.1, 0.15) is 24.8 Å². The first kappa shape index (κ1) is 46.8. The molecule has 0 bridgehead atoms. The number of carbonyl (C=O) groups excluding carboxylic acids is 4. The van der Waals surface area contributed by atoms with Gasteiger partial charge in [-0.25, -0.2) is 9.97 Å². The quantitative estimate of drug-likeness (QED) is 0.0549. The van der Waals surface area contributed by atoms with Gasteiger partial charge in [0.2, 0.25) is 17.7 Å². The van der Waals surface area contributed by atoms with Gasteiger partial charge in [0.25, 0.3) is 5.91 Å². The molecule has 13 nitrogen and oxygen atoms in total. The molecule has 1 aromatic heterocycles. The average Bonchev–Trinajstić information content (AvgIpc) is 3.64. The fourth-order valence-electron chi connectivity index (χ4n) is 9.68. The Labute approximate surface area is 391 Å². The molecule has 1 N–H and O–H groups in total. The zero-order valence-electron chi connectivity index (χ0n) is 37.6. The maximum Gasteiger partial charge on any atom is 0.255 e. The number of hydrogen-bond donors (Lipinski definition) is 1. The molecule has 0 spiro atoms.